The molecule has 0 aliphatic heterocycles. The number of carbonyl (C=O) groups is 1. The van der Waals surface area contributed by atoms with Crippen LogP contribution in [-0.2, 0) is 14.4 Å². The third-order valence-corrected chi connectivity index (χ3v) is 10.3. The van der Waals surface area contributed by atoms with Crippen LogP contribution in [0.4, 0.5) is 0 Å². The third kappa shape index (κ3) is 3.82. The van der Waals surface area contributed by atoms with Gasteiger partial charge < -0.3 is 9.57 Å². The van der Waals surface area contributed by atoms with Crippen molar-refractivity contribution in [3.05, 3.63) is 23.5 Å². The van der Waals surface area contributed by atoms with Crippen molar-refractivity contribution >= 4 is 5.97 Å². The molecule has 0 aromatic heterocycles. The fourth-order valence-corrected chi connectivity index (χ4v) is 8.29. The van der Waals surface area contributed by atoms with Crippen LogP contribution in [-0.4, -0.2) is 12.6 Å². The quantitative estimate of drug-likeness (QED) is 0.437. The highest BCUT2D eigenvalue weighted by atomic mass is 16.6. The maximum atomic E-state index is 12.8. The number of hydrogen-bond donors (Lipinski definition) is 1. The molecule has 0 amide bonds. The number of nitrogens with two attached hydrogens (primary N) is 1. The van der Waals surface area contributed by atoms with Crippen LogP contribution in [0.2, 0.25) is 0 Å². The zero-order valence-corrected chi connectivity index (χ0v) is 19.5. The van der Waals surface area contributed by atoms with Crippen LogP contribution in [0.3, 0.4) is 0 Å². The Bertz CT molecular complexity index is 764. The molecule has 3 saturated carbocycles. The fourth-order valence-electron chi connectivity index (χ4n) is 8.29. The van der Waals surface area contributed by atoms with Gasteiger partial charge in [0.25, 0.3) is 0 Å². The maximum absolute atomic E-state index is 12.8. The van der Waals surface area contributed by atoms with Gasteiger partial charge in [-0.25, -0.2) is 5.90 Å². The summed E-state index contributed by atoms with van der Waals surface area (Å²) in [7, 11) is 0. The first kappa shape index (κ1) is 21.7. The minimum atomic E-state index is -0.0179. The van der Waals surface area contributed by atoms with Crippen molar-refractivity contribution in [3.63, 3.8) is 0 Å². The van der Waals surface area contributed by atoms with Gasteiger partial charge >= 0.3 is 5.97 Å². The third-order valence-electron chi connectivity index (χ3n) is 10.3. The second-order valence-corrected chi connectivity index (χ2v) is 11.9. The van der Waals surface area contributed by atoms with E-state index in [9.17, 15) is 4.79 Å². The summed E-state index contributed by atoms with van der Waals surface area (Å²) >= 11 is 0. The Hall–Kier alpha value is -1.13. The Morgan fingerprint density at radius 1 is 1.06 bits per heavy atom. The van der Waals surface area contributed by atoms with Crippen molar-refractivity contribution in [3.8, 4) is 0 Å². The normalized spacial score (nSPS) is 44.4. The molecule has 5 unspecified atom stereocenters. The van der Waals surface area contributed by atoms with Gasteiger partial charge in [0.2, 0.25) is 0 Å². The van der Waals surface area contributed by atoms with Gasteiger partial charge in [-0.2, -0.15) is 0 Å². The molecule has 5 aliphatic carbocycles. The van der Waals surface area contributed by atoms with E-state index in [1.165, 1.54) is 44.1 Å². The molecule has 0 spiro atoms. The first-order chi connectivity index (χ1) is 14.9. The second-order valence-electron chi connectivity index (χ2n) is 11.9. The number of esters is 1. The molecule has 0 saturated heterocycles. The SMILES string of the molecule is CC12CCCC1C1CC=C3C=C(OC(=O)C4CCC(CON)CC4)CCC3(C)C1CC2. The number of allylic oxidation sites excluding steroid dienone is 4. The smallest absolute Gasteiger partial charge is 0.314 e. The first-order valence-corrected chi connectivity index (χ1v) is 12.9. The van der Waals surface area contributed by atoms with Gasteiger partial charge in [0.15, 0.2) is 0 Å². The molecule has 2 N–H and O–H groups in total. The maximum Gasteiger partial charge on any atom is 0.314 e. The fraction of sp³-hybridized carbons (Fsp3) is 0.815. The monoisotopic (exact) mass is 427 g/mol. The van der Waals surface area contributed by atoms with E-state index in [4.69, 9.17) is 15.5 Å². The van der Waals surface area contributed by atoms with Crippen molar-refractivity contribution in [2.75, 3.05) is 6.61 Å². The zero-order valence-electron chi connectivity index (χ0n) is 19.5. The highest BCUT2D eigenvalue weighted by molar-refractivity contribution is 5.73. The first-order valence-electron chi connectivity index (χ1n) is 12.9. The average Bonchev–Trinajstić information content (AvgIpc) is 3.16. The van der Waals surface area contributed by atoms with Crippen molar-refractivity contribution in [1.82, 2.24) is 0 Å². The summed E-state index contributed by atoms with van der Waals surface area (Å²) in [5, 5.41) is 0. The topological polar surface area (TPSA) is 61.5 Å². The summed E-state index contributed by atoms with van der Waals surface area (Å²) in [5.41, 5.74) is 2.32. The summed E-state index contributed by atoms with van der Waals surface area (Å²) < 4.78 is 5.97. The van der Waals surface area contributed by atoms with Crippen molar-refractivity contribution in [2.24, 2.45) is 46.3 Å². The number of ether oxygens (including phenoxy) is 1. The Kier molecular flexibility index (Phi) is 5.83. The van der Waals surface area contributed by atoms with E-state index in [1.807, 2.05) is 0 Å². The lowest BCUT2D eigenvalue weighted by molar-refractivity contribution is -0.146. The second kappa shape index (κ2) is 8.33. The zero-order chi connectivity index (χ0) is 21.6. The van der Waals surface area contributed by atoms with Crippen LogP contribution in [0.1, 0.15) is 90.9 Å². The predicted octanol–water partition coefficient (Wildman–Crippen LogP) is 6.07. The highest BCUT2D eigenvalue weighted by Gasteiger charge is 2.55. The van der Waals surface area contributed by atoms with Gasteiger partial charge in [0.05, 0.1) is 12.5 Å². The summed E-state index contributed by atoms with van der Waals surface area (Å²) in [6, 6.07) is 0. The van der Waals surface area contributed by atoms with Crippen LogP contribution in [0, 0.1) is 40.4 Å². The molecule has 0 bridgehead atoms. The molecule has 0 aromatic carbocycles. The van der Waals surface area contributed by atoms with E-state index in [1.54, 1.807) is 0 Å². The Morgan fingerprint density at radius 2 is 1.87 bits per heavy atom. The van der Waals surface area contributed by atoms with Gasteiger partial charge in [-0.15, -0.1) is 0 Å². The summed E-state index contributed by atoms with van der Waals surface area (Å²) in [6.45, 7) is 5.67. The molecule has 3 fully saturated rings. The van der Waals surface area contributed by atoms with E-state index in [-0.39, 0.29) is 17.3 Å². The van der Waals surface area contributed by atoms with Gasteiger partial charge in [0, 0.05) is 6.42 Å². The molecule has 31 heavy (non-hydrogen) atoms. The molecular formula is C27H41NO3. The van der Waals surface area contributed by atoms with E-state index >= 15 is 0 Å². The molecule has 5 aliphatic rings. The predicted molar refractivity (Wildman–Crippen MR) is 121 cm³/mol. The Balaban J connectivity index is 1.26. The van der Waals surface area contributed by atoms with Gasteiger partial charge in [-0.05, 0) is 110 Å². The molecule has 0 aromatic rings. The van der Waals surface area contributed by atoms with Crippen LogP contribution < -0.4 is 5.90 Å². The van der Waals surface area contributed by atoms with E-state index in [0.29, 0.717) is 17.9 Å². The van der Waals surface area contributed by atoms with E-state index in [0.717, 1.165) is 62.0 Å². The number of fused-ring (bicyclic) bond motifs is 5. The minimum Gasteiger partial charge on any atom is -0.431 e. The minimum absolute atomic E-state index is 0.0179. The Morgan fingerprint density at radius 3 is 2.65 bits per heavy atom. The summed E-state index contributed by atoms with van der Waals surface area (Å²) in [5.74, 6) is 9.20. The Labute approximate surface area is 188 Å². The van der Waals surface area contributed by atoms with Crippen LogP contribution >= 0.6 is 0 Å². The number of carbonyl (C=O) groups excluding carboxylic acids is 1. The van der Waals surface area contributed by atoms with Crippen LogP contribution in [0.5, 0.6) is 0 Å². The van der Waals surface area contributed by atoms with Crippen LogP contribution in [0.25, 0.3) is 0 Å². The lowest BCUT2D eigenvalue weighted by atomic mass is 9.49. The lowest BCUT2D eigenvalue weighted by Crippen LogP contribution is -2.48. The van der Waals surface area contributed by atoms with E-state index in [2.05, 4.69) is 26.0 Å². The summed E-state index contributed by atoms with van der Waals surface area (Å²) in [4.78, 5) is 17.6. The molecular weight excluding hydrogens is 386 g/mol. The number of rotatable bonds is 4. The van der Waals surface area contributed by atoms with Crippen molar-refractivity contribution in [2.45, 2.75) is 90.9 Å². The molecule has 0 radical (unpaired) electrons. The molecule has 5 atom stereocenters. The highest BCUT2D eigenvalue weighted by Crippen LogP contribution is 2.64. The summed E-state index contributed by atoms with van der Waals surface area (Å²) in [6.07, 6.45) is 18.9. The van der Waals surface area contributed by atoms with Gasteiger partial charge in [-0.1, -0.05) is 26.3 Å². The van der Waals surface area contributed by atoms with Gasteiger partial charge in [0.1, 0.15) is 5.76 Å². The van der Waals surface area contributed by atoms with Crippen LogP contribution in [0.15, 0.2) is 23.5 Å². The van der Waals surface area contributed by atoms with Crippen molar-refractivity contribution in [1.29, 1.82) is 0 Å². The van der Waals surface area contributed by atoms with Gasteiger partial charge in [-0.3, -0.25) is 4.79 Å². The number of hydrogen-bond acceptors (Lipinski definition) is 4. The largest absolute Gasteiger partial charge is 0.431 e. The lowest BCUT2D eigenvalue weighted by Gasteiger charge is -2.56. The molecule has 4 nitrogen and oxygen atoms in total. The molecule has 172 valence electrons. The standard InChI is InChI=1S/C27H41NO3/c1-26-13-3-4-23(26)22-10-9-20-16-21(11-15-27(20,2)24(22)12-14-26)31-25(29)19-7-5-18(6-8-19)17-30-28/h9,16,18-19,22-24H,3-8,10-15,17,28H2,1-2H3. The van der Waals surface area contributed by atoms with E-state index < -0.39 is 0 Å². The van der Waals surface area contributed by atoms with Crippen molar-refractivity contribution < 1.29 is 14.4 Å². The molecule has 0 heterocycles. The molecule has 5 rings (SSSR count). The average molecular weight is 428 g/mol. The molecule has 4 heteroatoms.